The van der Waals surface area contributed by atoms with Crippen LogP contribution in [0.5, 0.6) is 11.5 Å². The number of phenolic OH excluding ortho intramolecular Hbond substituents is 1. The molecule has 0 saturated carbocycles. The Kier molecular flexibility index (Phi) is 5.03. The summed E-state index contributed by atoms with van der Waals surface area (Å²) in [5, 5.41) is 22.9. The lowest BCUT2D eigenvalue weighted by atomic mass is 10.1. The van der Waals surface area contributed by atoms with E-state index < -0.39 is 0 Å². The van der Waals surface area contributed by atoms with Crippen LogP contribution in [0.1, 0.15) is 11.3 Å². The van der Waals surface area contributed by atoms with E-state index >= 15 is 0 Å². The number of phenols is 1. The number of ether oxygens (including phenoxy) is 1. The lowest BCUT2D eigenvalue weighted by Gasteiger charge is -2.12. The lowest BCUT2D eigenvalue weighted by Crippen LogP contribution is -2.02. The van der Waals surface area contributed by atoms with Gasteiger partial charge in [-0.15, -0.1) is 10.2 Å². The van der Waals surface area contributed by atoms with Crippen LogP contribution < -0.4 is 10.1 Å². The normalized spacial score (nSPS) is 11.2. The fourth-order valence-corrected chi connectivity index (χ4v) is 3.95. The van der Waals surface area contributed by atoms with Gasteiger partial charge in [0.25, 0.3) is 0 Å². The number of benzene rings is 3. The maximum absolute atomic E-state index is 10.2. The highest BCUT2D eigenvalue weighted by atomic mass is 35.5. The number of rotatable bonds is 5. The van der Waals surface area contributed by atoms with Gasteiger partial charge in [-0.05, 0) is 55.5 Å². The highest BCUT2D eigenvalue weighted by molar-refractivity contribution is 6.33. The highest BCUT2D eigenvalue weighted by Crippen LogP contribution is 2.30. The molecule has 0 aliphatic carbocycles. The minimum absolute atomic E-state index is 0.207. The molecule has 5 rings (SSSR count). The third-order valence-corrected chi connectivity index (χ3v) is 5.71. The lowest BCUT2D eigenvalue weighted by molar-refractivity contribution is 0.411. The molecule has 0 aliphatic rings. The third kappa shape index (κ3) is 3.46. The first-order valence-electron chi connectivity index (χ1n) is 10.1. The highest BCUT2D eigenvalue weighted by Gasteiger charge is 2.16. The molecule has 5 aromatic rings. The van der Waals surface area contributed by atoms with Gasteiger partial charge in [0.1, 0.15) is 11.5 Å². The first kappa shape index (κ1) is 20.1. The van der Waals surface area contributed by atoms with Crippen LogP contribution in [-0.2, 0) is 6.54 Å². The molecule has 0 aliphatic heterocycles. The number of aromatic hydroxyl groups is 1. The van der Waals surface area contributed by atoms with E-state index in [2.05, 4.69) is 20.5 Å². The number of methoxy groups -OCH3 is 1. The van der Waals surface area contributed by atoms with Crippen molar-refractivity contribution >= 4 is 34.0 Å². The van der Waals surface area contributed by atoms with E-state index in [9.17, 15) is 5.11 Å². The Morgan fingerprint density at radius 2 is 1.91 bits per heavy atom. The Morgan fingerprint density at radius 3 is 2.72 bits per heavy atom. The fourth-order valence-electron chi connectivity index (χ4n) is 3.73. The summed E-state index contributed by atoms with van der Waals surface area (Å²) in [6, 6.07) is 18.6. The van der Waals surface area contributed by atoms with Gasteiger partial charge in [-0.3, -0.25) is 4.40 Å². The largest absolute Gasteiger partial charge is 0.508 e. The van der Waals surface area contributed by atoms with Gasteiger partial charge in [0, 0.05) is 23.4 Å². The van der Waals surface area contributed by atoms with E-state index in [4.69, 9.17) is 16.3 Å². The van der Waals surface area contributed by atoms with Crippen molar-refractivity contribution in [2.24, 2.45) is 0 Å². The summed E-state index contributed by atoms with van der Waals surface area (Å²) in [5.74, 6) is 1.55. The predicted molar refractivity (Wildman–Crippen MR) is 125 cm³/mol. The number of nitrogens with zero attached hydrogens (tertiary/aromatic N) is 4. The van der Waals surface area contributed by atoms with Gasteiger partial charge in [-0.25, -0.2) is 4.98 Å². The van der Waals surface area contributed by atoms with Gasteiger partial charge in [0.05, 0.1) is 28.9 Å². The van der Waals surface area contributed by atoms with E-state index in [1.54, 1.807) is 19.2 Å². The molecule has 0 atom stereocenters. The second-order valence-electron chi connectivity index (χ2n) is 7.41. The van der Waals surface area contributed by atoms with Crippen molar-refractivity contribution in [3.63, 3.8) is 0 Å². The van der Waals surface area contributed by atoms with E-state index in [-0.39, 0.29) is 5.75 Å². The van der Waals surface area contributed by atoms with Crippen LogP contribution in [0.4, 0.5) is 5.69 Å². The molecule has 0 bridgehead atoms. The molecule has 0 unspecified atom stereocenters. The zero-order valence-electron chi connectivity index (χ0n) is 17.5. The van der Waals surface area contributed by atoms with Crippen LogP contribution in [0.25, 0.3) is 28.1 Å². The topological polar surface area (TPSA) is 84.6 Å². The number of hydrogen-bond acceptors (Lipinski definition) is 6. The summed E-state index contributed by atoms with van der Waals surface area (Å²) in [6.07, 6.45) is 0. The Labute approximate surface area is 189 Å². The van der Waals surface area contributed by atoms with Crippen LogP contribution in [-0.4, -0.2) is 31.8 Å². The first-order chi connectivity index (χ1) is 15.5. The summed E-state index contributed by atoms with van der Waals surface area (Å²) in [7, 11) is 1.60. The van der Waals surface area contributed by atoms with Gasteiger partial charge in [0.15, 0.2) is 11.5 Å². The second-order valence-corrected chi connectivity index (χ2v) is 7.82. The summed E-state index contributed by atoms with van der Waals surface area (Å²) in [4.78, 5) is 4.69. The number of aromatic nitrogens is 4. The zero-order chi connectivity index (χ0) is 22.2. The van der Waals surface area contributed by atoms with Crippen LogP contribution >= 0.6 is 11.6 Å². The number of nitrogens with one attached hydrogen (secondary N) is 1. The zero-order valence-corrected chi connectivity index (χ0v) is 18.3. The maximum Gasteiger partial charge on any atom is 0.183 e. The molecule has 2 aromatic heterocycles. The van der Waals surface area contributed by atoms with Crippen molar-refractivity contribution in [2.75, 3.05) is 12.4 Å². The molecule has 3 aromatic carbocycles. The van der Waals surface area contributed by atoms with Gasteiger partial charge in [0.2, 0.25) is 0 Å². The number of anilines is 1. The second kappa shape index (κ2) is 8.01. The summed E-state index contributed by atoms with van der Waals surface area (Å²) in [5.41, 5.74) is 5.53. The van der Waals surface area contributed by atoms with E-state index in [0.29, 0.717) is 28.8 Å². The molecule has 0 saturated heterocycles. The van der Waals surface area contributed by atoms with Crippen LogP contribution in [0.15, 0.2) is 60.7 Å². The molecule has 2 N–H and O–H groups in total. The van der Waals surface area contributed by atoms with Crippen molar-refractivity contribution in [1.29, 1.82) is 0 Å². The Balaban J connectivity index is 1.60. The van der Waals surface area contributed by atoms with Gasteiger partial charge in [-0.2, -0.15) is 0 Å². The van der Waals surface area contributed by atoms with Gasteiger partial charge < -0.3 is 15.2 Å². The molecule has 0 spiro atoms. The quantitative estimate of drug-likeness (QED) is 0.385. The van der Waals surface area contributed by atoms with Gasteiger partial charge >= 0.3 is 0 Å². The molecule has 2 heterocycles. The number of halogens is 1. The number of hydrogen-bond donors (Lipinski definition) is 2. The van der Waals surface area contributed by atoms with E-state index in [1.807, 2.05) is 59.9 Å². The molecule has 8 heteroatoms. The molecule has 0 fully saturated rings. The van der Waals surface area contributed by atoms with Crippen LogP contribution in [0, 0.1) is 6.92 Å². The summed E-state index contributed by atoms with van der Waals surface area (Å²) >= 11 is 6.45. The summed E-state index contributed by atoms with van der Waals surface area (Å²) < 4.78 is 7.24. The van der Waals surface area contributed by atoms with Crippen molar-refractivity contribution < 1.29 is 9.84 Å². The standard InChI is InChI=1S/C24H20ClN5O2/c1-14-23-28-29-24(18-5-3-4-6-19(18)25)30(23)21-12-16(7-9-20(21)27-14)26-13-15-11-17(32-2)8-10-22(15)31/h3-12,26,31H,13H2,1-2H3. The van der Waals surface area contributed by atoms with Crippen molar-refractivity contribution in [3.8, 4) is 22.9 Å². The molecular weight excluding hydrogens is 426 g/mol. The van der Waals surface area contributed by atoms with Gasteiger partial charge in [-0.1, -0.05) is 23.7 Å². The Morgan fingerprint density at radius 1 is 1.06 bits per heavy atom. The molecule has 0 amide bonds. The van der Waals surface area contributed by atoms with Crippen molar-refractivity contribution in [2.45, 2.75) is 13.5 Å². The molecular formula is C24H20ClN5O2. The molecule has 32 heavy (non-hydrogen) atoms. The Bertz CT molecular complexity index is 1460. The summed E-state index contributed by atoms with van der Waals surface area (Å²) in [6.45, 7) is 2.34. The number of aryl methyl sites for hydroxylation is 1. The van der Waals surface area contributed by atoms with Crippen molar-refractivity contribution in [1.82, 2.24) is 19.6 Å². The molecule has 7 nitrogen and oxygen atoms in total. The predicted octanol–water partition coefficient (Wildman–Crippen LogP) is 5.23. The average Bonchev–Trinajstić information content (AvgIpc) is 3.25. The maximum atomic E-state index is 10.2. The average molecular weight is 446 g/mol. The monoisotopic (exact) mass is 445 g/mol. The van der Waals surface area contributed by atoms with E-state index in [1.165, 1.54) is 0 Å². The minimum atomic E-state index is 0.207. The molecule has 160 valence electrons. The van der Waals surface area contributed by atoms with Crippen molar-refractivity contribution in [3.05, 3.63) is 76.9 Å². The molecule has 0 radical (unpaired) electrons. The third-order valence-electron chi connectivity index (χ3n) is 5.38. The first-order valence-corrected chi connectivity index (χ1v) is 10.4. The SMILES string of the molecule is COc1ccc(O)c(CNc2ccc3nc(C)c4nnc(-c5ccccc5Cl)n4c3c2)c1. The van der Waals surface area contributed by atoms with E-state index in [0.717, 1.165) is 33.5 Å². The fraction of sp³-hybridized carbons (Fsp3) is 0.125. The van der Waals surface area contributed by atoms with Crippen LogP contribution in [0.3, 0.4) is 0 Å². The van der Waals surface area contributed by atoms with Crippen LogP contribution in [0.2, 0.25) is 5.02 Å². The Hall–Kier alpha value is -3.84. The minimum Gasteiger partial charge on any atom is -0.508 e. The smallest absolute Gasteiger partial charge is 0.183 e. The number of fused-ring (bicyclic) bond motifs is 3.